The highest BCUT2D eigenvalue weighted by Gasteiger charge is 2.28. The highest BCUT2D eigenvalue weighted by atomic mass is 32.2. The van der Waals surface area contributed by atoms with E-state index in [0.717, 1.165) is 30.2 Å². The van der Waals surface area contributed by atoms with E-state index in [1.165, 1.54) is 19.1 Å². The second-order valence-corrected chi connectivity index (χ2v) is 9.20. The average molecular weight is 466 g/mol. The lowest BCUT2D eigenvalue weighted by Gasteiger charge is -2.35. The molecular formula is C22H28FN3O5S. The van der Waals surface area contributed by atoms with Crippen LogP contribution in [0.3, 0.4) is 0 Å². The zero-order valence-corrected chi connectivity index (χ0v) is 19.0. The first-order valence-corrected chi connectivity index (χ1v) is 11.8. The average Bonchev–Trinajstić information content (AvgIpc) is 2.79. The molecule has 10 heteroatoms. The summed E-state index contributed by atoms with van der Waals surface area (Å²) in [7, 11) is -2.30. The van der Waals surface area contributed by atoms with Crippen molar-refractivity contribution in [1.82, 2.24) is 14.5 Å². The van der Waals surface area contributed by atoms with Crippen molar-refractivity contribution in [2.75, 3.05) is 46.4 Å². The Morgan fingerprint density at radius 1 is 1.03 bits per heavy atom. The number of ether oxygens (including phenoxy) is 2. The van der Waals surface area contributed by atoms with Crippen molar-refractivity contribution >= 4 is 15.9 Å². The van der Waals surface area contributed by atoms with Gasteiger partial charge in [0.05, 0.1) is 18.0 Å². The second-order valence-electron chi connectivity index (χ2n) is 7.49. The van der Waals surface area contributed by atoms with Gasteiger partial charge in [0.15, 0.2) is 0 Å². The van der Waals surface area contributed by atoms with E-state index in [4.69, 9.17) is 9.47 Å². The molecule has 32 heavy (non-hydrogen) atoms. The molecule has 174 valence electrons. The van der Waals surface area contributed by atoms with Gasteiger partial charge in [-0.05, 0) is 55.5 Å². The highest BCUT2D eigenvalue weighted by molar-refractivity contribution is 7.89. The molecular weight excluding hydrogens is 437 g/mol. The number of carbonyl (C=O) groups is 1. The van der Waals surface area contributed by atoms with Gasteiger partial charge < -0.3 is 14.4 Å². The number of carbonyl (C=O) groups excluding carboxylic acids is 1. The molecule has 1 aliphatic rings. The summed E-state index contributed by atoms with van der Waals surface area (Å²) in [6, 6.07) is 10.9. The number of rotatable bonds is 9. The predicted octanol–water partition coefficient (Wildman–Crippen LogP) is 1.72. The Bertz CT molecular complexity index is 991. The number of nitrogens with one attached hydrogen (secondary N) is 1. The number of halogens is 1. The largest absolute Gasteiger partial charge is 0.497 e. The molecule has 2 aromatic rings. The molecule has 0 radical (unpaired) electrons. The van der Waals surface area contributed by atoms with E-state index in [1.807, 2.05) is 24.3 Å². The van der Waals surface area contributed by atoms with Crippen LogP contribution in [0.25, 0.3) is 0 Å². The Labute approximate surface area is 188 Å². The van der Waals surface area contributed by atoms with E-state index in [1.54, 1.807) is 12.0 Å². The van der Waals surface area contributed by atoms with Gasteiger partial charge >= 0.3 is 0 Å². The van der Waals surface area contributed by atoms with E-state index in [0.29, 0.717) is 32.8 Å². The van der Waals surface area contributed by atoms with Gasteiger partial charge in [0, 0.05) is 32.7 Å². The minimum absolute atomic E-state index is 0.0831. The number of amides is 1. The molecule has 1 N–H and O–H groups in total. The molecule has 1 aliphatic heterocycles. The fraction of sp³-hybridized carbons (Fsp3) is 0.409. The summed E-state index contributed by atoms with van der Waals surface area (Å²) >= 11 is 0. The molecule has 0 unspecified atom stereocenters. The topological polar surface area (TPSA) is 88.2 Å². The van der Waals surface area contributed by atoms with Crippen LogP contribution in [0.4, 0.5) is 4.39 Å². The lowest BCUT2D eigenvalue weighted by Crippen LogP contribution is -2.54. The third-order valence-corrected chi connectivity index (χ3v) is 6.80. The molecule has 0 aromatic heterocycles. The first-order chi connectivity index (χ1) is 15.3. The minimum Gasteiger partial charge on any atom is -0.497 e. The van der Waals surface area contributed by atoms with E-state index in [-0.39, 0.29) is 10.8 Å². The van der Waals surface area contributed by atoms with Gasteiger partial charge in [-0.1, -0.05) is 0 Å². The summed E-state index contributed by atoms with van der Waals surface area (Å²) in [5.74, 6) is 0.722. The van der Waals surface area contributed by atoms with E-state index in [2.05, 4.69) is 9.62 Å². The summed E-state index contributed by atoms with van der Waals surface area (Å²) in [6.07, 6.45) is 0. The van der Waals surface area contributed by atoms with E-state index in [9.17, 15) is 17.6 Å². The molecule has 1 saturated heterocycles. The van der Waals surface area contributed by atoms with Crippen molar-refractivity contribution in [3.63, 3.8) is 0 Å². The van der Waals surface area contributed by atoms with Gasteiger partial charge in [0.1, 0.15) is 23.9 Å². The molecule has 1 atom stereocenters. The van der Waals surface area contributed by atoms with Crippen molar-refractivity contribution in [1.29, 1.82) is 0 Å². The predicted molar refractivity (Wildman–Crippen MR) is 118 cm³/mol. The number of methoxy groups -OCH3 is 1. The number of hydrogen-bond acceptors (Lipinski definition) is 6. The van der Waals surface area contributed by atoms with E-state index >= 15 is 0 Å². The number of hydrogen-bond donors (Lipinski definition) is 1. The molecule has 0 spiro atoms. The van der Waals surface area contributed by atoms with Gasteiger partial charge in [0.2, 0.25) is 15.9 Å². The summed E-state index contributed by atoms with van der Waals surface area (Å²) in [5.41, 5.74) is 0. The van der Waals surface area contributed by atoms with Crippen LogP contribution in [-0.4, -0.2) is 76.6 Å². The van der Waals surface area contributed by atoms with Crippen LogP contribution in [0.15, 0.2) is 53.4 Å². The number of nitrogens with zero attached hydrogens (tertiary/aromatic N) is 2. The minimum atomic E-state index is -3.91. The van der Waals surface area contributed by atoms with Crippen LogP contribution in [0.1, 0.15) is 6.92 Å². The van der Waals surface area contributed by atoms with E-state index < -0.39 is 21.9 Å². The Balaban J connectivity index is 1.42. The Morgan fingerprint density at radius 2 is 1.62 bits per heavy atom. The second kappa shape index (κ2) is 10.8. The van der Waals surface area contributed by atoms with Gasteiger partial charge in [-0.3, -0.25) is 9.69 Å². The number of benzene rings is 2. The maximum atomic E-state index is 13.0. The molecule has 0 bridgehead atoms. The van der Waals surface area contributed by atoms with Crippen molar-refractivity contribution in [3.8, 4) is 11.5 Å². The van der Waals surface area contributed by atoms with Gasteiger partial charge in [-0.15, -0.1) is 0 Å². The van der Waals surface area contributed by atoms with Crippen LogP contribution in [0, 0.1) is 5.82 Å². The van der Waals surface area contributed by atoms with Crippen LogP contribution in [0.5, 0.6) is 11.5 Å². The van der Waals surface area contributed by atoms with Crippen LogP contribution >= 0.6 is 0 Å². The summed E-state index contributed by atoms with van der Waals surface area (Å²) < 4.78 is 51.1. The van der Waals surface area contributed by atoms with Crippen molar-refractivity contribution < 1.29 is 27.1 Å². The van der Waals surface area contributed by atoms with Crippen LogP contribution in [0.2, 0.25) is 0 Å². The lowest BCUT2D eigenvalue weighted by atomic mass is 10.2. The first-order valence-electron chi connectivity index (χ1n) is 10.3. The number of piperazine rings is 1. The quantitative estimate of drug-likeness (QED) is 0.607. The molecule has 0 aliphatic carbocycles. The fourth-order valence-corrected chi connectivity index (χ4v) is 4.59. The molecule has 8 nitrogen and oxygen atoms in total. The van der Waals surface area contributed by atoms with Crippen LogP contribution < -0.4 is 14.2 Å². The van der Waals surface area contributed by atoms with Crippen LogP contribution in [-0.2, 0) is 14.8 Å². The van der Waals surface area contributed by atoms with Crippen molar-refractivity contribution in [2.24, 2.45) is 0 Å². The Morgan fingerprint density at radius 3 is 2.22 bits per heavy atom. The molecule has 3 rings (SSSR count). The fourth-order valence-electron chi connectivity index (χ4n) is 3.40. The lowest BCUT2D eigenvalue weighted by molar-refractivity contribution is -0.134. The van der Waals surface area contributed by atoms with Crippen molar-refractivity contribution in [3.05, 3.63) is 54.3 Å². The molecule has 1 fully saturated rings. The summed E-state index contributed by atoms with van der Waals surface area (Å²) in [6.45, 7) is 5.12. The molecule has 1 amide bonds. The zero-order chi connectivity index (χ0) is 23.1. The van der Waals surface area contributed by atoms with Crippen molar-refractivity contribution in [2.45, 2.75) is 17.9 Å². The highest BCUT2D eigenvalue weighted by Crippen LogP contribution is 2.17. The SMILES string of the molecule is COc1ccc(OCCN2CCN(C(=O)[C@H](C)NS(=O)(=O)c3ccc(F)cc3)CC2)cc1. The first kappa shape index (κ1) is 24.0. The molecule has 0 saturated carbocycles. The maximum absolute atomic E-state index is 13.0. The molecule has 1 heterocycles. The molecule has 2 aromatic carbocycles. The standard InChI is InChI=1S/C22H28FN3O5S/c1-17(24-32(28,29)21-9-3-18(23)4-10-21)22(27)26-13-11-25(12-14-26)15-16-31-20-7-5-19(30-2)6-8-20/h3-10,17,24H,11-16H2,1-2H3/t17-/m0/s1. The number of sulfonamides is 1. The third kappa shape index (κ3) is 6.41. The smallest absolute Gasteiger partial charge is 0.241 e. The normalized spacial score (nSPS) is 15.9. The Kier molecular flexibility index (Phi) is 8.05. The summed E-state index contributed by atoms with van der Waals surface area (Å²) in [4.78, 5) is 16.5. The third-order valence-electron chi connectivity index (χ3n) is 5.25. The Hall–Kier alpha value is -2.69. The van der Waals surface area contributed by atoms with Gasteiger partial charge in [0.25, 0.3) is 0 Å². The van der Waals surface area contributed by atoms with Gasteiger partial charge in [-0.2, -0.15) is 4.72 Å². The van der Waals surface area contributed by atoms with Gasteiger partial charge in [-0.25, -0.2) is 12.8 Å². The summed E-state index contributed by atoms with van der Waals surface area (Å²) in [5, 5.41) is 0. The zero-order valence-electron chi connectivity index (χ0n) is 18.2. The monoisotopic (exact) mass is 465 g/mol. The maximum Gasteiger partial charge on any atom is 0.241 e.